The fourth-order valence-corrected chi connectivity index (χ4v) is 1.91. The first-order valence-corrected chi connectivity index (χ1v) is 4.91. The molecule has 0 fully saturated rings. The van der Waals surface area contributed by atoms with Crippen molar-refractivity contribution >= 4 is 0 Å². The van der Waals surface area contributed by atoms with Crippen LogP contribution in [-0.4, -0.2) is 28.0 Å². The average Bonchev–Trinajstić information content (AvgIpc) is 2.46. The molecule has 1 aromatic rings. The summed E-state index contributed by atoms with van der Waals surface area (Å²) in [6.07, 6.45) is 3.12. The fraction of sp³-hybridized carbons (Fsp3) is 0.700. The molecule has 0 bridgehead atoms. The molecule has 13 heavy (non-hydrogen) atoms. The lowest BCUT2D eigenvalue weighted by Gasteiger charge is -2.23. The highest BCUT2D eigenvalue weighted by molar-refractivity contribution is 5.16. The van der Waals surface area contributed by atoms with Gasteiger partial charge in [-0.25, -0.2) is 4.98 Å². The van der Waals surface area contributed by atoms with Gasteiger partial charge in [0.2, 0.25) is 0 Å². The molecule has 0 atom stereocenters. The molecular formula is C10H17N3. The highest BCUT2D eigenvalue weighted by atomic mass is 15.2. The van der Waals surface area contributed by atoms with E-state index in [1.54, 1.807) is 0 Å². The molecule has 3 nitrogen and oxygen atoms in total. The first-order valence-electron chi connectivity index (χ1n) is 4.91. The molecule has 0 saturated carbocycles. The molecule has 1 aliphatic rings. The average molecular weight is 179 g/mol. The predicted molar refractivity (Wildman–Crippen MR) is 52.7 cm³/mol. The fourth-order valence-electron chi connectivity index (χ4n) is 1.91. The van der Waals surface area contributed by atoms with Crippen molar-refractivity contribution in [1.82, 2.24) is 14.5 Å². The predicted octanol–water partition coefficient (Wildman–Crippen LogP) is 1.45. The SMILES string of the molecule is CC(C)n1cnc2c1CCN(C)C2. The zero-order valence-electron chi connectivity index (χ0n) is 8.62. The first kappa shape index (κ1) is 8.75. The van der Waals surface area contributed by atoms with Crippen LogP contribution in [0, 0.1) is 0 Å². The van der Waals surface area contributed by atoms with Crippen molar-refractivity contribution < 1.29 is 0 Å². The summed E-state index contributed by atoms with van der Waals surface area (Å²) in [5.74, 6) is 0. The molecule has 0 unspecified atom stereocenters. The lowest BCUT2D eigenvalue weighted by molar-refractivity contribution is 0.303. The summed E-state index contributed by atoms with van der Waals surface area (Å²) in [4.78, 5) is 6.77. The van der Waals surface area contributed by atoms with Gasteiger partial charge in [0.15, 0.2) is 0 Å². The minimum Gasteiger partial charge on any atom is -0.332 e. The van der Waals surface area contributed by atoms with Gasteiger partial charge in [-0.3, -0.25) is 0 Å². The smallest absolute Gasteiger partial charge is 0.0954 e. The monoisotopic (exact) mass is 179 g/mol. The minimum atomic E-state index is 0.541. The van der Waals surface area contributed by atoms with Gasteiger partial charge in [-0.15, -0.1) is 0 Å². The first-order chi connectivity index (χ1) is 6.18. The van der Waals surface area contributed by atoms with E-state index in [1.165, 1.54) is 11.4 Å². The molecule has 0 amide bonds. The third-order valence-corrected chi connectivity index (χ3v) is 2.69. The zero-order valence-corrected chi connectivity index (χ0v) is 8.62. The molecular weight excluding hydrogens is 162 g/mol. The molecule has 0 aromatic carbocycles. The van der Waals surface area contributed by atoms with Crippen LogP contribution in [0.5, 0.6) is 0 Å². The Morgan fingerprint density at radius 2 is 2.23 bits per heavy atom. The maximum atomic E-state index is 4.45. The Hall–Kier alpha value is -0.830. The van der Waals surface area contributed by atoms with Gasteiger partial charge in [0.1, 0.15) is 0 Å². The highest BCUT2D eigenvalue weighted by Crippen LogP contribution is 2.19. The second-order valence-electron chi connectivity index (χ2n) is 4.13. The van der Waals surface area contributed by atoms with E-state index < -0.39 is 0 Å². The minimum absolute atomic E-state index is 0.541. The van der Waals surface area contributed by atoms with E-state index in [2.05, 4.69) is 35.3 Å². The second-order valence-corrected chi connectivity index (χ2v) is 4.13. The van der Waals surface area contributed by atoms with E-state index in [-0.39, 0.29) is 0 Å². The summed E-state index contributed by atoms with van der Waals surface area (Å²) >= 11 is 0. The Morgan fingerprint density at radius 3 is 2.92 bits per heavy atom. The lowest BCUT2D eigenvalue weighted by Crippen LogP contribution is -2.27. The Kier molecular flexibility index (Phi) is 2.12. The van der Waals surface area contributed by atoms with Gasteiger partial charge >= 0.3 is 0 Å². The molecule has 2 rings (SSSR count). The summed E-state index contributed by atoms with van der Waals surface area (Å²) < 4.78 is 2.29. The molecule has 0 saturated heterocycles. The molecule has 1 aliphatic heterocycles. The number of likely N-dealkylation sites (N-methyl/N-ethyl adjacent to an activating group) is 1. The molecule has 1 aromatic heterocycles. The molecule has 3 heteroatoms. The summed E-state index contributed by atoms with van der Waals surface area (Å²) in [5.41, 5.74) is 2.70. The lowest BCUT2D eigenvalue weighted by atomic mass is 10.1. The van der Waals surface area contributed by atoms with Crippen molar-refractivity contribution in [3.05, 3.63) is 17.7 Å². The highest BCUT2D eigenvalue weighted by Gasteiger charge is 2.18. The number of aromatic nitrogens is 2. The summed E-state index contributed by atoms with van der Waals surface area (Å²) in [5, 5.41) is 0. The standard InChI is InChI=1S/C10H17N3/c1-8(2)13-7-11-9-6-12(3)5-4-10(9)13/h7-8H,4-6H2,1-3H3. The normalized spacial score (nSPS) is 17.8. The van der Waals surface area contributed by atoms with Crippen LogP contribution in [0.25, 0.3) is 0 Å². The third kappa shape index (κ3) is 1.48. The van der Waals surface area contributed by atoms with Gasteiger partial charge < -0.3 is 9.47 Å². The topological polar surface area (TPSA) is 21.1 Å². The van der Waals surface area contributed by atoms with Crippen LogP contribution in [0.3, 0.4) is 0 Å². The van der Waals surface area contributed by atoms with Crippen LogP contribution in [0.4, 0.5) is 0 Å². The van der Waals surface area contributed by atoms with Crippen LogP contribution >= 0.6 is 0 Å². The maximum Gasteiger partial charge on any atom is 0.0954 e. The number of rotatable bonds is 1. The van der Waals surface area contributed by atoms with Crippen molar-refractivity contribution in [2.45, 2.75) is 32.9 Å². The van der Waals surface area contributed by atoms with Crippen LogP contribution in [0.1, 0.15) is 31.3 Å². The third-order valence-electron chi connectivity index (χ3n) is 2.69. The molecule has 0 N–H and O–H groups in total. The van der Waals surface area contributed by atoms with Crippen molar-refractivity contribution in [3.63, 3.8) is 0 Å². The van der Waals surface area contributed by atoms with Crippen molar-refractivity contribution in [1.29, 1.82) is 0 Å². The molecule has 2 heterocycles. The summed E-state index contributed by atoms with van der Waals surface area (Å²) in [7, 11) is 2.15. The number of imidazole rings is 1. The van der Waals surface area contributed by atoms with Crippen molar-refractivity contribution in [3.8, 4) is 0 Å². The number of hydrogen-bond donors (Lipinski definition) is 0. The van der Waals surface area contributed by atoms with E-state index in [1.807, 2.05) is 6.33 Å². The molecule has 72 valence electrons. The molecule has 0 radical (unpaired) electrons. The van der Waals surface area contributed by atoms with E-state index in [4.69, 9.17) is 0 Å². The Morgan fingerprint density at radius 1 is 1.46 bits per heavy atom. The quantitative estimate of drug-likeness (QED) is 0.650. The van der Waals surface area contributed by atoms with Crippen molar-refractivity contribution in [2.75, 3.05) is 13.6 Å². The number of hydrogen-bond acceptors (Lipinski definition) is 2. The van der Waals surface area contributed by atoms with Crippen LogP contribution < -0.4 is 0 Å². The Bertz CT molecular complexity index is 301. The van der Waals surface area contributed by atoms with Gasteiger partial charge in [-0.2, -0.15) is 0 Å². The zero-order chi connectivity index (χ0) is 9.42. The number of nitrogens with zero attached hydrogens (tertiary/aromatic N) is 3. The van der Waals surface area contributed by atoms with Gasteiger partial charge in [-0.05, 0) is 20.9 Å². The molecule has 0 spiro atoms. The van der Waals surface area contributed by atoms with Gasteiger partial charge in [0.05, 0.1) is 12.0 Å². The van der Waals surface area contributed by atoms with E-state index in [0.29, 0.717) is 6.04 Å². The maximum absolute atomic E-state index is 4.45. The largest absolute Gasteiger partial charge is 0.332 e. The van der Waals surface area contributed by atoms with Crippen LogP contribution in [-0.2, 0) is 13.0 Å². The molecule has 0 aliphatic carbocycles. The van der Waals surface area contributed by atoms with Gasteiger partial charge in [0, 0.05) is 31.2 Å². The van der Waals surface area contributed by atoms with Crippen molar-refractivity contribution in [2.24, 2.45) is 0 Å². The second kappa shape index (κ2) is 3.14. The van der Waals surface area contributed by atoms with Gasteiger partial charge in [-0.1, -0.05) is 0 Å². The Balaban J connectivity index is 2.33. The van der Waals surface area contributed by atoms with Crippen LogP contribution in [0.15, 0.2) is 6.33 Å². The van der Waals surface area contributed by atoms with Gasteiger partial charge in [0.25, 0.3) is 0 Å². The van der Waals surface area contributed by atoms with E-state index in [9.17, 15) is 0 Å². The summed E-state index contributed by atoms with van der Waals surface area (Å²) in [6, 6.07) is 0.541. The number of fused-ring (bicyclic) bond motifs is 1. The van der Waals surface area contributed by atoms with E-state index in [0.717, 1.165) is 19.5 Å². The van der Waals surface area contributed by atoms with E-state index >= 15 is 0 Å². The summed E-state index contributed by atoms with van der Waals surface area (Å²) in [6.45, 7) is 6.58. The van der Waals surface area contributed by atoms with Crippen LogP contribution in [0.2, 0.25) is 0 Å². The Labute approximate surface area is 79.4 Å².